The standard InChI is InChI=1S/C30H37N2/c1-4-12-27-22-29-30(32(27)21-19-26-16-10-7-11-17-26)28(13-5-2)24(3)23-31(29)20-18-25-14-8-6-9-15-25/h6-11,14-17,22-23H,4-5,12-13,18-21H2,1-3H3/q+1. The zero-order valence-corrected chi connectivity index (χ0v) is 20.0. The lowest BCUT2D eigenvalue weighted by Gasteiger charge is -2.14. The summed E-state index contributed by atoms with van der Waals surface area (Å²) in [6.07, 6.45) is 9.16. The molecular weight excluding hydrogens is 388 g/mol. The molecule has 0 bridgehead atoms. The number of nitrogens with zero attached hydrogens (tertiary/aromatic N) is 2. The van der Waals surface area contributed by atoms with E-state index in [9.17, 15) is 0 Å². The zero-order valence-electron chi connectivity index (χ0n) is 20.0. The molecule has 0 saturated carbocycles. The molecule has 0 N–H and O–H groups in total. The first-order valence-electron chi connectivity index (χ1n) is 12.3. The predicted molar refractivity (Wildman–Crippen MR) is 135 cm³/mol. The van der Waals surface area contributed by atoms with E-state index in [1.165, 1.54) is 51.8 Å². The van der Waals surface area contributed by atoms with E-state index in [1.807, 2.05) is 0 Å². The monoisotopic (exact) mass is 425 g/mol. The largest absolute Gasteiger partial charge is 0.339 e. The molecule has 2 heterocycles. The summed E-state index contributed by atoms with van der Waals surface area (Å²) in [6, 6.07) is 24.3. The third kappa shape index (κ3) is 4.96. The summed E-state index contributed by atoms with van der Waals surface area (Å²) in [4.78, 5) is 0. The van der Waals surface area contributed by atoms with Crippen molar-refractivity contribution in [3.8, 4) is 0 Å². The first kappa shape index (κ1) is 22.3. The Morgan fingerprint density at radius 2 is 1.38 bits per heavy atom. The van der Waals surface area contributed by atoms with Crippen LogP contribution in [0.25, 0.3) is 11.0 Å². The SMILES string of the molecule is CCCc1c(C)c[n+](CCc2ccccc2)c2cc(CCC)n(CCc3ccccc3)c12. The van der Waals surface area contributed by atoms with Crippen LogP contribution >= 0.6 is 0 Å². The second kappa shape index (κ2) is 10.6. The van der Waals surface area contributed by atoms with E-state index < -0.39 is 0 Å². The van der Waals surface area contributed by atoms with Gasteiger partial charge in [-0.1, -0.05) is 87.4 Å². The third-order valence-corrected chi connectivity index (χ3v) is 6.54. The van der Waals surface area contributed by atoms with Crippen LogP contribution in [0.2, 0.25) is 0 Å². The van der Waals surface area contributed by atoms with Gasteiger partial charge in [0.2, 0.25) is 5.52 Å². The predicted octanol–water partition coefficient (Wildman–Crippen LogP) is 6.63. The summed E-state index contributed by atoms with van der Waals surface area (Å²) in [6.45, 7) is 8.95. The molecule has 2 aromatic heterocycles. The number of aryl methyl sites for hydroxylation is 7. The Morgan fingerprint density at radius 3 is 2.00 bits per heavy atom. The van der Waals surface area contributed by atoms with E-state index in [4.69, 9.17) is 0 Å². The van der Waals surface area contributed by atoms with Crippen molar-refractivity contribution < 1.29 is 4.57 Å². The summed E-state index contributed by atoms with van der Waals surface area (Å²) < 4.78 is 5.15. The summed E-state index contributed by atoms with van der Waals surface area (Å²) in [5, 5.41) is 0. The lowest BCUT2D eigenvalue weighted by Crippen LogP contribution is -2.36. The quantitative estimate of drug-likeness (QED) is 0.252. The lowest BCUT2D eigenvalue weighted by molar-refractivity contribution is -0.671. The van der Waals surface area contributed by atoms with Crippen LogP contribution in [0.5, 0.6) is 0 Å². The molecule has 166 valence electrons. The maximum Gasteiger partial charge on any atom is 0.231 e. The van der Waals surface area contributed by atoms with Gasteiger partial charge in [-0.3, -0.25) is 0 Å². The molecule has 0 fully saturated rings. The lowest BCUT2D eigenvalue weighted by atomic mass is 10.0. The average Bonchev–Trinajstić information content (AvgIpc) is 3.18. The Hall–Kier alpha value is -2.87. The van der Waals surface area contributed by atoms with Crippen LogP contribution in [-0.4, -0.2) is 4.57 Å². The van der Waals surface area contributed by atoms with E-state index in [2.05, 4.69) is 103 Å². The highest BCUT2D eigenvalue weighted by molar-refractivity contribution is 5.79. The minimum absolute atomic E-state index is 1.02. The minimum atomic E-state index is 1.02. The number of benzene rings is 2. The van der Waals surface area contributed by atoms with Crippen molar-refractivity contribution in [2.45, 2.75) is 72.4 Å². The molecule has 2 nitrogen and oxygen atoms in total. The Bertz CT molecular complexity index is 1140. The molecule has 4 aromatic rings. The van der Waals surface area contributed by atoms with Crippen LogP contribution in [0.4, 0.5) is 0 Å². The van der Waals surface area contributed by atoms with Crippen molar-refractivity contribution in [3.63, 3.8) is 0 Å². The van der Waals surface area contributed by atoms with Gasteiger partial charge in [-0.15, -0.1) is 0 Å². The first-order valence-corrected chi connectivity index (χ1v) is 12.3. The van der Waals surface area contributed by atoms with E-state index in [0.717, 1.165) is 38.8 Å². The van der Waals surface area contributed by atoms with Gasteiger partial charge in [-0.05, 0) is 42.9 Å². The molecule has 0 atom stereocenters. The Morgan fingerprint density at radius 1 is 0.750 bits per heavy atom. The van der Waals surface area contributed by atoms with Gasteiger partial charge in [0.05, 0.1) is 0 Å². The van der Waals surface area contributed by atoms with Crippen LogP contribution < -0.4 is 4.57 Å². The van der Waals surface area contributed by atoms with Crippen LogP contribution in [0, 0.1) is 6.92 Å². The summed E-state index contributed by atoms with van der Waals surface area (Å²) in [7, 11) is 0. The molecule has 4 rings (SSSR count). The fraction of sp³-hybridized carbons (Fsp3) is 0.367. The minimum Gasteiger partial charge on any atom is -0.339 e. The maximum atomic E-state index is 2.64. The second-order valence-electron chi connectivity index (χ2n) is 8.98. The molecule has 0 aliphatic rings. The van der Waals surface area contributed by atoms with Gasteiger partial charge in [0.25, 0.3) is 0 Å². The highest BCUT2D eigenvalue weighted by Gasteiger charge is 2.22. The van der Waals surface area contributed by atoms with Crippen molar-refractivity contribution in [2.24, 2.45) is 0 Å². The molecule has 0 unspecified atom stereocenters. The van der Waals surface area contributed by atoms with Crippen molar-refractivity contribution >= 4 is 11.0 Å². The Kier molecular flexibility index (Phi) is 7.42. The molecule has 2 aromatic carbocycles. The van der Waals surface area contributed by atoms with Gasteiger partial charge in [-0.2, -0.15) is 4.57 Å². The van der Waals surface area contributed by atoms with Gasteiger partial charge in [-0.25, -0.2) is 0 Å². The van der Waals surface area contributed by atoms with Crippen molar-refractivity contribution in [1.82, 2.24) is 4.57 Å². The van der Waals surface area contributed by atoms with Gasteiger partial charge in [0.1, 0.15) is 5.52 Å². The highest BCUT2D eigenvalue weighted by Crippen LogP contribution is 2.26. The van der Waals surface area contributed by atoms with Crippen molar-refractivity contribution in [1.29, 1.82) is 0 Å². The van der Waals surface area contributed by atoms with Gasteiger partial charge in [0, 0.05) is 30.3 Å². The molecule has 0 spiro atoms. The first-order chi connectivity index (χ1) is 15.7. The van der Waals surface area contributed by atoms with Crippen molar-refractivity contribution in [2.75, 3.05) is 0 Å². The van der Waals surface area contributed by atoms with Crippen LogP contribution in [0.1, 0.15) is 54.6 Å². The fourth-order valence-corrected chi connectivity index (χ4v) is 4.94. The molecular formula is C30H37N2+. The van der Waals surface area contributed by atoms with Gasteiger partial charge < -0.3 is 4.57 Å². The molecule has 0 aliphatic heterocycles. The number of rotatable bonds is 10. The van der Waals surface area contributed by atoms with E-state index >= 15 is 0 Å². The van der Waals surface area contributed by atoms with Crippen LogP contribution in [-0.2, 0) is 38.8 Å². The summed E-state index contributed by atoms with van der Waals surface area (Å²) in [5.74, 6) is 0. The average molecular weight is 426 g/mol. The van der Waals surface area contributed by atoms with Crippen LogP contribution in [0.3, 0.4) is 0 Å². The van der Waals surface area contributed by atoms with Gasteiger partial charge in [0.15, 0.2) is 12.7 Å². The summed E-state index contributed by atoms with van der Waals surface area (Å²) >= 11 is 0. The molecule has 0 saturated heterocycles. The molecule has 2 heteroatoms. The topological polar surface area (TPSA) is 8.81 Å². The second-order valence-corrected chi connectivity index (χ2v) is 8.98. The number of pyridine rings is 1. The highest BCUT2D eigenvalue weighted by atomic mass is 15.0. The van der Waals surface area contributed by atoms with Crippen LogP contribution in [0.15, 0.2) is 72.9 Å². The smallest absolute Gasteiger partial charge is 0.231 e. The molecule has 0 aliphatic carbocycles. The number of hydrogen-bond acceptors (Lipinski definition) is 0. The number of hydrogen-bond donors (Lipinski definition) is 0. The normalized spacial score (nSPS) is 11.3. The molecule has 32 heavy (non-hydrogen) atoms. The van der Waals surface area contributed by atoms with E-state index in [0.29, 0.717) is 0 Å². The zero-order chi connectivity index (χ0) is 22.3. The molecule has 0 radical (unpaired) electrons. The van der Waals surface area contributed by atoms with E-state index in [1.54, 1.807) is 0 Å². The number of fused-ring (bicyclic) bond motifs is 1. The fourth-order valence-electron chi connectivity index (χ4n) is 4.94. The Balaban J connectivity index is 1.77. The Labute approximate surface area is 193 Å². The molecule has 0 amide bonds. The van der Waals surface area contributed by atoms with Gasteiger partial charge >= 0.3 is 0 Å². The van der Waals surface area contributed by atoms with Crippen molar-refractivity contribution in [3.05, 3.63) is 101 Å². The van der Waals surface area contributed by atoms with E-state index in [-0.39, 0.29) is 0 Å². The number of aromatic nitrogens is 2. The summed E-state index contributed by atoms with van der Waals surface area (Å²) in [5.41, 5.74) is 10.1. The third-order valence-electron chi connectivity index (χ3n) is 6.54. The maximum absolute atomic E-state index is 2.64.